The Hall–Kier alpha value is -1.55. The van der Waals surface area contributed by atoms with Gasteiger partial charge in [-0.25, -0.2) is 0 Å². The third-order valence-corrected chi connectivity index (χ3v) is 3.65. The summed E-state index contributed by atoms with van der Waals surface area (Å²) in [4.78, 5) is 0. The van der Waals surface area contributed by atoms with Crippen LogP contribution in [-0.4, -0.2) is 23.6 Å². The Morgan fingerprint density at radius 2 is 2.11 bits per heavy atom. The molecule has 4 N–H and O–H groups in total. The molecule has 1 fully saturated rings. The smallest absolute Gasteiger partial charge is 0.147 e. The molecular weight excluding hydrogens is 226 g/mol. The first-order valence-electron chi connectivity index (χ1n) is 6.48. The first-order chi connectivity index (χ1) is 8.72. The zero-order valence-electron chi connectivity index (χ0n) is 10.7. The predicted molar refractivity (Wildman–Crippen MR) is 72.8 cm³/mol. The van der Waals surface area contributed by atoms with E-state index < -0.39 is 0 Å². The normalized spacial score (nSPS) is 19.5. The van der Waals surface area contributed by atoms with Crippen molar-refractivity contribution in [2.45, 2.75) is 31.7 Å². The van der Waals surface area contributed by atoms with Gasteiger partial charge in [0.1, 0.15) is 5.84 Å². The highest BCUT2D eigenvalue weighted by molar-refractivity contribution is 5.87. The fraction of sp³-hybridized carbons (Fsp3) is 0.500. The van der Waals surface area contributed by atoms with E-state index in [1.165, 1.54) is 12.8 Å². The Morgan fingerprint density at radius 1 is 1.44 bits per heavy atom. The van der Waals surface area contributed by atoms with Crippen molar-refractivity contribution in [1.29, 1.82) is 0 Å². The highest BCUT2D eigenvalue weighted by Crippen LogP contribution is 2.32. The maximum Gasteiger partial charge on any atom is 0.147 e. The zero-order chi connectivity index (χ0) is 13.0. The second kappa shape index (κ2) is 5.87. The lowest BCUT2D eigenvalue weighted by atomic mass is 9.97. The summed E-state index contributed by atoms with van der Waals surface area (Å²) in [7, 11) is 0. The minimum Gasteiger partial charge on any atom is -0.409 e. The van der Waals surface area contributed by atoms with E-state index in [9.17, 15) is 0 Å². The molecular formula is C14H21N3O. The van der Waals surface area contributed by atoms with Gasteiger partial charge in [-0.3, -0.25) is 0 Å². The van der Waals surface area contributed by atoms with Gasteiger partial charge in [0.05, 0.1) is 5.92 Å². The molecule has 1 aromatic carbocycles. The average molecular weight is 247 g/mol. The van der Waals surface area contributed by atoms with Gasteiger partial charge in [-0.2, -0.15) is 0 Å². The van der Waals surface area contributed by atoms with Crippen LogP contribution in [0.3, 0.4) is 0 Å². The molecule has 1 aliphatic carbocycles. The number of nitrogens with two attached hydrogens (primary N) is 1. The van der Waals surface area contributed by atoms with E-state index >= 15 is 0 Å². The van der Waals surface area contributed by atoms with Gasteiger partial charge >= 0.3 is 0 Å². The summed E-state index contributed by atoms with van der Waals surface area (Å²) in [6, 6.07) is 10.4. The highest BCUT2D eigenvalue weighted by Gasteiger charge is 2.28. The van der Waals surface area contributed by atoms with Gasteiger partial charge in [-0.05, 0) is 31.2 Å². The second-order valence-electron chi connectivity index (χ2n) is 5.02. The molecule has 0 heterocycles. The summed E-state index contributed by atoms with van der Waals surface area (Å²) in [5.41, 5.74) is 6.86. The number of hydrogen-bond acceptors (Lipinski definition) is 3. The van der Waals surface area contributed by atoms with Crippen LogP contribution in [0.5, 0.6) is 0 Å². The van der Waals surface area contributed by atoms with Crippen LogP contribution in [0.2, 0.25) is 0 Å². The van der Waals surface area contributed by atoms with Crippen molar-refractivity contribution in [1.82, 2.24) is 5.32 Å². The molecule has 0 radical (unpaired) electrons. The summed E-state index contributed by atoms with van der Waals surface area (Å²) in [6.45, 7) is 2.91. The number of benzene rings is 1. The van der Waals surface area contributed by atoms with E-state index in [2.05, 4.69) is 17.4 Å². The topological polar surface area (TPSA) is 70.6 Å². The van der Waals surface area contributed by atoms with Crippen LogP contribution in [0.1, 0.15) is 31.2 Å². The minimum atomic E-state index is -0.0719. The van der Waals surface area contributed by atoms with E-state index in [0.717, 1.165) is 11.5 Å². The van der Waals surface area contributed by atoms with Crippen molar-refractivity contribution >= 4 is 5.84 Å². The molecule has 98 valence electrons. The number of nitrogens with zero attached hydrogens (tertiary/aromatic N) is 1. The lowest BCUT2D eigenvalue weighted by Gasteiger charge is -2.20. The molecule has 2 atom stereocenters. The second-order valence-corrected chi connectivity index (χ2v) is 5.02. The molecule has 0 aliphatic heterocycles. The van der Waals surface area contributed by atoms with Crippen LogP contribution in [0.25, 0.3) is 0 Å². The lowest BCUT2D eigenvalue weighted by molar-refractivity contribution is 0.315. The van der Waals surface area contributed by atoms with Crippen molar-refractivity contribution < 1.29 is 5.21 Å². The van der Waals surface area contributed by atoms with Gasteiger partial charge in [0.2, 0.25) is 0 Å². The van der Waals surface area contributed by atoms with Gasteiger partial charge in [-0.1, -0.05) is 35.5 Å². The number of hydrogen-bond donors (Lipinski definition) is 3. The van der Waals surface area contributed by atoms with Crippen LogP contribution in [0, 0.1) is 5.92 Å². The third kappa shape index (κ3) is 3.23. The Kier molecular flexibility index (Phi) is 4.20. The monoisotopic (exact) mass is 247 g/mol. The molecule has 0 aromatic heterocycles. The van der Waals surface area contributed by atoms with Gasteiger partial charge in [0.25, 0.3) is 0 Å². The maximum atomic E-state index is 8.89. The molecule has 18 heavy (non-hydrogen) atoms. The standard InChI is InChI=1S/C14H21N3O/c1-10(11-7-8-11)16-9-13(14(15)17-18)12-5-3-2-4-6-12/h2-6,10-11,13,16,18H,7-9H2,1H3,(H2,15,17). The molecule has 0 spiro atoms. The van der Waals surface area contributed by atoms with Crippen molar-refractivity contribution in [2.24, 2.45) is 16.8 Å². The SMILES string of the molecule is CC(NCC(C(N)=NO)c1ccccc1)C1CC1. The number of rotatable bonds is 6. The van der Waals surface area contributed by atoms with Crippen molar-refractivity contribution in [3.05, 3.63) is 35.9 Å². The molecule has 2 rings (SSSR count). The summed E-state index contributed by atoms with van der Waals surface area (Å²) < 4.78 is 0. The average Bonchev–Trinajstić information content (AvgIpc) is 3.24. The fourth-order valence-electron chi connectivity index (χ4n) is 2.21. The molecule has 1 aromatic rings. The van der Waals surface area contributed by atoms with Crippen molar-refractivity contribution in [2.75, 3.05) is 6.54 Å². The minimum absolute atomic E-state index is 0.0719. The van der Waals surface area contributed by atoms with E-state index in [-0.39, 0.29) is 11.8 Å². The van der Waals surface area contributed by atoms with Crippen LogP contribution in [0.4, 0.5) is 0 Å². The Balaban J connectivity index is 2.01. The molecule has 1 aliphatic rings. The molecule has 0 saturated heterocycles. The van der Waals surface area contributed by atoms with E-state index in [1.54, 1.807) is 0 Å². The number of oxime groups is 1. The summed E-state index contributed by atoms with van der Waals surface area (Å²) in [6.07, 6.45) is 2.63. The van der Waals surface area contributed by atoms with Gasteiger partial charge in [0, 0.05) is 12.6 Å². The number of amidine groups is 1. The van der Waals surface area contributed by atoms with E-state index in [1.807, 2.05) is 30.3 Å². The Labute approximate surface area is 108 Å². The first-order valence-corrected chi connectivity index (χ1v) is 6.48. The van der Waals surface area contributed by atoms with Crippen LogP contribution in [-0.2, 0) is 0 Å². The highest BCUT2D eigenvalue weighted by atomic mass is 16.4. The van der Waals surface area contributed by atoms with Crippen molar-refractivity contribution in [3.63, 3.8) is 0 Å². The van der Waals surface area contributed by atoms with Crippen molar-refractivity contribution in [3.8, 4) is 0 Å². The predicted octanol–water partition coefficient (Wildman–Crippen LogP) is 1.90. The summed E-state index contributed by atoms with van der Waals surface area (Å²) >= 11 is 0. The maximum absolute atomic E-state index is 8.89. The quantitative estimate of drug-likeness (QED) is 0.311. The zero-order valence-corrected chi connectivity index (χ0v) is 10.7. The molecule has 2 unspecified atom stereocenters. The summed E-state index contributed by atoms with van der Waals surface area (Å²) in [5, 5.41) is 15.5. The molecule has 4 heteroatoms. The lowest BCUT2D eigenvalue weighted by Crippen LogP contribution is -2.36. The third-order valence-electron chi connectivity index (χ3n) is 3.65. The summed E-state index contributed by atoms with van der Waals surface area (Å²) in [5.74, 6) is 0.989. The van der Waals surface area contributed by atoms with E-state index in [0.29, 0.717) is 12.6 Å². The molecule has 0 amide bonds. The van der Waals surface area contributed by atoms with Gasteiger partial charge in [0.15, 0.2) is 0 Å². The largest absolute Gasteiger partial charge is 0.409 e. The van der Waals surface area contributed by atoms with Gasteiger partial charge < -0.3 is 16.3 Å². The molecule has 4 nitrogen and oxygen atoms in total. The Morgan fingerprint density at radius 3 is 2.67 bits per heavy atom. The van der Waals surface area contributed by atoms with Crippen LogP contribution in [0.15, 0.2) is 35.5 Å². The molecule has 1 saturated carbocycles. The van der Waals surface area contributed by atoms with Crippen LogP contribution < -0.4 is 11.1 Å². The fourth-order valence-corrected chi connectivity index (χ4v) is 2.21. The Bertz CT molecular complexity index is 401. The molecule has 0 bridgehead atoms. The van der Waals surface area contributed by atoms with Crippen LogP contribution >= 0.6 is 0 Å². The van der Waals surface area contributed by atoms with Gasteiger partial charge in [-0.15, -0.1) is 0 Å². The number of nitrogens with one attached hydrogen (secondary N) is 1. The first kappa shape index (κ1) is 12.9. The van der Waals surface area contributed by atoms with E-state index in [4.69, 9.17) is 10.9 Å².